The SMILES string of the molecule is CC[C@@H](C)NC(=O)[C@H](Cc1ccccc1)N(Cc1ccc(Br)cc1)C(=O)CN(c1ccccc1C(C)C)S(C)(=O)=O. The van der Waals surface area contributed by atoms with E-state index in [2.05, 4.69) is 21.2 Å². The molecule has 3 aromatic carbocycles. The normalized spacial score (nSPS) is 13.0. The molecule has 0 heterocycles. The first-order valence-electron chi connectivity index (χ1n) is 13.9. The highest BCUT2D eigenvalue weighted by Crippen LogP contribution is 2.29. The monoisotopic (exact) mass is 641 g/mol. The van der Waals surface area contributed by atoms with E-state index >= 15 is 0 Å². The van der Waals surface area contributed by atoms with Crippen LogP contribution in [-0.2, 0) is 32.6 Å². The summed E-state index contributed by atoms with van der Waals surface area (Å²) >= 11 is 3.45. The van der Waals surface area contributed by atoms with Crippen LogP contribution in [0.1, 0.15) is 56.7 Å². The topological polar surface area (TPSA) is 86.8 Å². The molecule has 3 rings (SSSR count). The number of sulfonamides is 1. The molecule has 0 aliphatic carbocycles. The minimum Gasteiger partial charge on any atom is -0.352 e. The van der Waals surface area contributed by atoms with Crippen LogP contribution in [0.3, 0.4) is 0 Å². The molecule has 41 heavy (non-hydrogen) atoms. The van der Waals surface area contributed by atoms with Crippen LogP contribution < -0.4 is 9.62 Å². The van der Waals surface area contributed by atoms with Gasteiger partial charge in [0.1, 0.15) is 12.6 Å². The van der Waals surface area contributed by atoms with E-state index in [0.29, 0.717) is 5.69 Å². The molecule has 9 heteroatoms. The van der Waals surface area contributed by atoms with Gasteiger partial charge in [-0.05, 0) is 54.2 Å². The van der Waals surface area contributed by atoms with Crippen molar-refractivity contribution in [1.82, 2.24) is 10.2 Å². The average molecular weight is 643 g/mol. The molecule has 220 valence electrons. The highest BCUT2D eigenvalue weighted by molar-refractivity contribution is 9.10. The van der Waals surface area contributed by atoms with Crippen molar-refractivity contribution < 1.29 is 18.0 Å². The standard InChI is InChI=1S/C32H40BrN3O4S/c1-6-24(4)34-32(38)30(20-25-12-8-7-9-13-25)35(21-26-16-18-27(33)19-17-26)31(37)22-36(41(5,39)40)29-15-11-10-14-28(29)23(2)3/h7-19,23-24,30H,6,20-22H2,1-5H3,(H,34,38)/t24-,30+/m1/s1. The highest BCUT2D eigenvalue weighted by atomic mass is 79.9. The smallest absolute Gasteiger partial charge is 0.244 e. The van der Waals surface area contributed by atoms with Crippen molar-refractivity contribution >= 4 is 43.5 Å². The van der Waals surface area contributed by atoms with Gasteiger partial charge in [0, 0.05) is 23.5 Å². The van der Waals surface area contributed by atoms with Gasteiger partial charge in [0.2, 0.25) is 21.8 Å². The van der Waals surface area contributed by atoms with Crippen LogP contribution in [0, 0.1) is 0 Å². The van der Waals surface area contributed by atoms with Crippen molar-refractivity contribution in [2.75, 3.05) is 17.1 Å². The number of anilines is 1. The number of nitrogens with zero attached hydrogens (tertiary/aromatic N) is 2. The van der Waals surface area contributed by atoms with E-state index in [1.807, 2.05) is 94.4 Å². The minimum absolute atomic E-state index is 0.0385. The van der Waals surface area contributed by atoms with Crippen LogP contribution in [0.25, 0.3) is 0 Å². The predicted molar refractivity (Wildman–Crippen MR) is 169 cm³/mol. The number of hydrogen-bond donors (Lipinski definition) is 1. The fourth-order valence-electron chi connectivity index (χ4n) is 4.58. The Bertz CT molecular complexity index is 1410. The van der Waals surface area contributed by atoms with Gasteiger partial charge in [-0.2, -0.15) is 0 Å². The van der Waals surface area contributed by atoms with Gasteiger partial charge in [-0.1, -0.05) is 97.4 Å². The number of carbonyl (C=O) groups is 2. The zero-order valence-electron chi connectivity index (χ0n) is 24.4. The first-order valence-corrected chi connectivity index (χ1v) is 16.5. The molecule has 0 aliphatic rings. The number of rotatable bonds is 13. The first-order chi connectivity index (χ1) is 19.4. The van der Waals surface area contributed by atoms with E-state index < -0.39 is 28.5 Å². The average Bonchev–Trinajstić information content (AvgIpc) is 2.94. The summed E-state index contributed by atoms with van der Waals surface area (Å²) in [5, 5.41) is 3.05. The second kappa shape index (κ2) is 14.6. The van der Waals surface area contributed by atoms with Gasteiger partial charge in [-0.3, -0.25) is 13.9 Å². The van der Waals surface area contributed by atoms with Gasteiger partial charge >= 0.3 is 0 Å². The van der Waals surface area contributed by atoms with Gasteiger partial charge in [0.15, 0.2) is 0 Å². The van der Waals surface area contributed by atoms with E-state index in [1.165, 1.54) is 4.90 Å². The van der Waals surface area contributed by atoms with Crippen LogP contribution in [0.15, 0.2) is 83.3 Å². The number of amides is 2. The Labute approximate surface area is 253 Å². The van der Waals surface area contributed by atoms with Gasteiger partial charge in [0.05, 0.1) is 11.9 Å². The van der Waals surface area contributed by atoms with Crippen molar-refractivity contribution in [1.29, 1.82) is 0 Å². The third-order valence-electron chi connectivity index (χ3n) is 7.04. The second-order valence-corrected chi connectivity index (χ2v) is 13.5. The fraction of sp³-hybridized carbons (Fsp3) is 0.375. The number of halogens is 1. The Morgan fingerprint density at radius 2 is 1.49 bits per heavy atom. The lowest BCUT2D eigenvalue weighted by molar-refractivity contribution is -0.140. The number of carbonyl (C=O) groups excluding carboxylic acids is 2. The van der Waals surface area contributed by atoms with E-state index in [4.69, 9.17) is 0 Å². The lowest BCUT2D eigenvalue weighted by atomic mass is 10.0. The molecule has 2 atom stereocenters. The van der Waals surface area contributed by atoms with E-state index in [-0.39, 0.29) is 30.8 Å². The number of hydrogen-bond acceptors (Lipinski definition) is 4. The molecule has 1 N–H and O–H groups in total. The van der Waals surface area contributed by atoms with E-state index in [9.17, 15) is 18.0 Å². The molecular formula is C32H40BrN3O4S. The minimum atomic E-state index is -3.83. The molecule has 0 unspecified atom stereocenters. The number of benzene rings is 3. The molecule has 0 spiro atoms. The van der Waals surface area contributed by atoms with Gasteiger partial charge in [-0.15, -0.1) is 0 Å². The van der Waals surface area contributed by atoms with Crippen LogP contribution in [0.2, 0.25) is 0 Å². The lowest BCUT2D eigenvalue weighted by Crippen LogP contribution is -2.54. The molecule has 7 nitrogen and oxygen atoms in total. The molecule has 0 aromatic heterocycles. The summed E-state index contributed by atoms with van der Waals surface area (Å²) in [5.41, 5.74) is 3.01. The van der Waals surface area contributed by atoms with E-state index in [0.717, 1.165) is 38.1 Å². The summed E-state index contributed by atoms with van der Waals surface area (Å²) in [6.45, 7) is 7.58. The zero-order chi connectivity index (χ0) is 30.2. The molecule has 2 amide bonds. The molecule has 0 saturated carbocycles. The molecule has 0 saturated heterocycles. The molecule has 0 bridgehead atoms. The van der Waals surface area contributed by atoms with Crippen molar-refractivity contribution in [2.45, 2.75) is 65.1 Å². The predicted octanol–water partition coefficient (Wildman–Crippen LogP) is 5.89. The summed E-state index contributed by atoms with van der Waals surface area (Å²) in [6, 6.07) is 23.4. The largest absolute Gasteiger partial charge is 0.352 e. The molecule has 0 radical (unpaired) electrons. The maximum atomic E-state index is 14.2. The Hall–Kier alpha value is -3.17. The van der Waals surface area contributed by atoms with Crippen LogP contribution in [0.5, 0.6) is 0 Å². The zero-order valence-corrected chi connectivity index (χ0v) is 26.8. The van der Waals surface area contributed by atoms with Gasteiger partial charge in [0.25, 0.3) is 0 Å². The Kier molecular flexibility index (Phi) is 11.5. The van der Waals surface area contributed by atoms with Crippen molar-refractivity contribution in [2.24, 2.45) is 0 Å². The summed E-state index contributed by atoms with van der Waals surface area (Å²) in [6.07, 6.45) is 2.12. The summed E-state index contributed by atoms with van der Waals surface area (Å²) < 4.78 is 28.3. The number of nitrogens with one attached hydrogen (secondary N) is 1. The lowest BCUT2D eigenvalue weighted by Gasteiger charge is -2.34. The van der Waals surface area contributed by atoms with Crippen molar-refractivity contribution in [3.63, 3.8) is 0 Å². The number of para-hydroxylation sites is 1. The molecule has 0 aliphatic heterocycles. The van der Waals surface area contributed by atoms with Gasteiger partial charge in [-0.25, -0.2) is 8.42 Å². The van der Waals surface area contributed by atoms with Crippen molar-refractivity contribution in [3.8, 4) is 0 Å². The maximum absolute atomic E-state index is 14.2. The van der Waals surface area contributed by atoms with Crippen LogP contribution in [0.4, 0.5) is 5.69 Å². The highest BCUT2D eigenvalue weighted by Gasteiger charge is 2.34. The van der Waals surface area contributed by atoms with Crippen LogP contribution >= 0.6 is 15.9 Å². The summed E-state index contributed by atoms with van der Waals surface area (Å²) in [4.78, 5) is 29.5. The molecule has 3 aromatic rings. The molecular weight excluding hydrogens is 602 g/mol. The third kappa shape index (κ3) is 9.16. The van der Waals surface area contributed by atoms with Gasteiger partial charge < -0.3 is 10.2 Å². The van der Waals surface area contributed by atoms with E-state index in [1.54, 1.807) is 12.1 Å². The molecule has 0 fully saturated rings. The summed E-state index contributed by atoms with van der Waals surface area (Å²) in [5.74, 6) is -0.698. The Balaban J connectivity index is 2.09. The second-order valence-electron chi connectivity index (χ2n) is 10.7. The third-order valence-corrected chi connectivity index (χ3v) is 8.70. The fourth-order valence-corrected chi connectivity index (χ4v) is 5.71. The Morgan fingerprint density at radius 1 is 0.878 bits per heavy atom. The van der Waals surface area contributed by atoms with Crippen LogP contribution in [-0.4, -0.2) is 50.0 Å². The quantitative estimate of drug-likeness (QED) is 0.252. The Morgan fingerprint density at radius 3 is 2.07 bits per heavy atom. The van der Waals surface area contributed by atoms with Crippen molar-refractivity contribution in [3.05, 3.63) is 100 Å². The maximum Gasteiger partial charge on any atom is 0.244 e. The summed E-state index contributed by atoms with van der Waals surface area (Å²) in [7, 11) is -3.83. The first kappa shape index (κ1) is 32.3.